The SMILES string of the molecule is CC=Nc1c(C)nc(-c2ccc(C(=O)O)cc2)nc1Nc1cc(OC)cc(N2CCCC2C)c1. The zero-order chi connectivity index (χ0) is 24.2. The fourth-order valence-corrected chi connectivity index (χ4v) is 4.22. The molecule has 4 rings (SSSR count). The number of nitrogens with one attached hydrogen (secondary N) is 1. The van der Waals surface area contributed by atoms with Gasteiger partial charge in [-0.2, -0.15) is 0 Å². The van der Waals surface area contributed by atoms with Crippen molar-refractivity contribution in [3.8, 4) is 17.1 Å². The van der Waals surface area contributed by atoms with Crippen LogP contribution in [0.25, 0.3) is 11.4 Å². The lowest BCUT2D eigenvalue weighted by atomic mass is 10.1. The minimum absolute atomic E-state index is 0.214. The first-order chi connectivity index (χ1) is 16.4. The molecule has 0 aliphatic carbocycles. The van der Waals surface area contributed by atoms with Crippen LogP contribution < -0.4 is 15.0 Å². The Kier molecular flexibility index (Phi) is 6.77. The summed E-state index contributed by atoms with van der Waals surface area (Å²) >= 11 is 0. The summed E-state index contributed by atoms with van der Waals surface area (Å²) in [6.45, 7) is 6.99. The first-order valence-corrected chi connectivity index (χ1v) is 11.3. The van der Waals surface area contributed by atoms with Crippen LogP contribution in [0.15, 0.2) is 47.5 Å². The van der Waals surface area contributed by atoms with Crippen LogP contribution in [0.1, 0.15) is 42.7 Å². The molecule has 1 unspecified atom stereocenters. The molecule has 0 bridgehead atoms. The van der Waals surface area contributed by atoms with Crippen molar-refractivity contribution >= 4 is 35.1 Å². The Labute approximate surface area is 199 Å². The molecule has 0 amide bonds. The molecule has 2 N–H and O–H groups in total. The molecule has 0 saturated carbocycles. The molecule has 8 heteroatoms. The number of carboxylic acids is 1. The summed E-state index contributed by atoms with van der Waals surface area (Å²) in [7, 11) is 1.66. The number of carboxylic acid groups (broad SMARTS) is 1. The predicted molar refractivity (Wildman–Crippen MR) is 135 cm³/mol. The Hall–Kier alpha value is -3.94. The largest absolute Gasteiger partial charge is 0.497 e. The molecule has 1 aliphatic heterocycles. The number of nitrogens with zero attached hydrogens (tertiary/aromatic N) is 4. The number of carbonyl (C=O) groups is 1. The molecule has 8 nitrogen and oxygen atoms in total. The molecule has 3 aromatic rings. The van der Waals surface area contributed by atoms with Gasteiger partial charge in [-0.3, -0.25) is 4.99 Å². The number of rotatable bonds is 7. The first kappa shape index (κ1) is 23.2. The van der Waals surface area contributed by atoms with Crippen LogP contribution in [0.3, 0.4) is 0 Å². The quantitative estimate of drug-likeness (QED) is 0.443. The van der Waals surface area contributed by atoms with Crippen LogP contribution in [0.5, 0.6) is 5.75 Å². The van der Waals surface area contributed by atoms with Gasteiger partial charge in [-0.25, -0.2) is 14.8 Å². The molecule has 176 valence electrons. The van der Waals surface area contributed by atoms with Gasteiger partial charge < -0.3 is 20.1 Å². The van der Waals surface area contributed by atoms with E-state index in [-0.39, 0.29) is 5.56 Å². The summed E-state index contributed by atoms with van der Waals surface area (Å²) in [5.74, 6) is 0.842. The van der Waals surface area contributed by atoms with Crippen molar-refractivity contribution in [3.63, 3.8) is 0 Å². The zero-order valence-corrected chi connectivity index (χ0v) is 19.9. The molecule has 1 aromatic heterocycles. The summed E-state index contributed by atoms with van der Waals surface area (Å²) in [5.41, 5.74) is 4.23. The highest BCUT2D eigenvalue weighted by Crippen LogP contribution is 2.36. The monoisotopic (exact) mass is 459 g/mol. The number of aromatic carboxylic acids is 1. The van der Waals surface area contributed by atoms with Crippen LogP contribution in [0.2, 0.25) is 0 Å². The van der Waals surface area contributed by atoms with E-state index in [1.165, 1.54) is 12.8 Å². The number of benzene rings is 2. The summed E-state index contributed by atoms with van der Waals surface area (Å²) < 4.78 is 5.58. The molecule has 1 fully saturated rings. The van der Waals surface area contributed by atoms with Gasteiger partial charge >= 0.3 is 5.97 Å². The van der Waals surface area contributed by atoms with Crippen LogP contribution >= 0.6 is 0 Å². The van der Waals surface area contributed by atoms with Gasteiger partial charge in [-0.1, -0.05) is 12.1 Å². The second kappa shape index (κ2) is 9.91. The maximum absolute atomic E-state index is 11.2. The third-order valence-electron chi connectivity index (χ3n) is 5.98. The minimum Gasteiger partial charge on any atom is -0.497 e. The van der Waals surface area contributed by atoms with Gasteiger partial charge in [-0.15, -0.1) is 0 Å². The highest BCUT2D eigenvalue weighted by Gasteiger charge is 2.22. The third-order valence-corrected chi connectivity index (χ3v) is 5.98. The van der Waals surface area contributed by atoms with Crippen molar-refractivity contribution < 1.29 is 14.6 Å². The summed E-state index contributed by atoms with van der Waals surface area (Å²) in [5, 5.41) is 12.6. The van der Waals surface area contributed by atoms with Crippen LogP contribution in [-0.4, -0.2) is 47.0 Å². The fourth-order valence-electron chi connectivity index (χ4n) is 4.22. The summed E-state index contributed by atoms with van der Waals surface area (Å²) in [6.07, 6.45) is 4.05. The molecule has 0 radical (unpaired) electrons. The standard InChI is InChI=1S/C26H29N5O3/c1-5-27-23-17(3)28-24(18-8-10-19(11-9-18)26(32)33)30-25(23)29-20-13-21(15-22(14-20)34-4)31-12-6-7-16(31)2/h5,8-11,13-16H,6-7,12H2,1-4H3,(H,32,33)(H,28,29,30). The fraction of sp³-hybridized carbons (Fsp3) is 0.308. The molecular weight excluding hydrogens is 430 g/mol. The Morgan fingerprint density at radius 3 is 2.62 bits per heavy atom. The molecular formula is C26H29N5O3. The average molecular weight is 460 g/mol. The predicted octanol–water partition coefficient (Wildman–Crippen LogP) is 5.61. The van der Waals surface area contributed by atoms with Crippen LogP contribution in [0.4, 0.5) is 22.9 Å². The number of anilines is 3. The van der Waals surface area contributed by atoms with Crippen LogP contribution in [0, 0.1) is 6.92 Å². The van der Waals surface area contributed by atoms with E-state index in [0.717, 1.165) is 29.2 Å². The number of aromatic nitrogens is 2. The summed E-state index contributed by atoms with van der Waals surface area (Å²) in [4.78, 5) is 27.5. The third kappa shape index (κ3) is 4.85. The first-order valence-electron chi connectivity index (χ1n) is 11.3. The van der Waals surface area contributed by atoms with Crippen molar-refractivity contribution in [2.45, 2.75) is 39.7 Å². The van der Waals surface area contributed by atoms with E-state index in [0.29, 0.717) is 29.1 Å². The lowest BCUT2D eigenvalue weighted by Crippen LogP contribution is -2.26. The number of aliphatic imine (C=N–C) groups is 1. The smallest absolute Gasteiger partial charge is 0.335 e. The van der Waals surface area contributed by atoms with Gasteiger partial charge in [0.1, 0.15) is 11.4 Å². The highest BCUT2D eigenvalue weighted by molar-refractivity contribution is 5.88. The van der Waals surface area contributed by atoms with E-state index >= 15 is 0 Å². The molecule has 1 atom stereocenters. The Morgan fingerprint density at radius 2 is 2.00 bits per heavy atom. The van der Waals surface area contributed by atoms with Crippen molar-refractivity contribution in [3.05, 3.63) is 53.7 Å². The van der Waals surface area contributed by atoms with Crippen molar-refractivity contribution in [2.24, 2.45) is 4.99 Å². The van der Waals surface area contributed by atoms with Gasteiger partial charge in [0.05, 0.1) is 18.4 Å². The number of ether oxygens (including phenoxy) is 1. The topological polar surface area (TPSA) is 99.9 Å². The Morgan fingerprint density at radius 1 is 1.24 bits per heavy atom. The molecule has 0 spiro atoms. The number of hydrogen-bond donors (Lipinski definition) is 2. The van der Waals surface area contributed by atoms with Gasteiger partial charge in [0.2, 0.25) is 0 Å². The lowest BCUT2D eigenvalue weighted by Gasteiger charge is -2.25. The Balaban J connectivity index is 1.75. The Bertz CT molecular complexity index is 1220. The average Bonchev–Trinajstić information content (AvgIpc) is 3.26. The maximum Gasteiger partial charge on any atom is 0.335 e. The van der Waals surface area contributed by atoms with Gasteiger partial charge in [0.15, 0.2) is 11.6 Å². The van der Waals surface area contributed by atoms with E-state index in [4.69, 9.17) is 9.72 Å². The van der Waals surface area contributed by atoms with Crippen molar-refractivity contribution in [1.82, 2.24) is 9.97 Å². The molecule has 2 heterocycles. The van der Waals surface area contributed by atoms with Gasteiger partial charge in [0.25, 0.3) is 0 Å². The highest BCUT2D eigenvalue weighted by atomic mass is 16.5. The molecule has 1 aliphatic rings. The maximum atomic E-state index is 11.2. The lowest BCUT2D eigenvalue weighted by molar-refractivity contribution is 0.0697. The molecule has 2 aromatic carbocycles. The number of methoxy groups -OCH3 is 1. The second-order valence-electron chi connectivity index (χ2n) is 8.33. The summed E-state index contributed by atoms with van der Waals surface area (Å²) in [6, 6.07) is 13.1. The zero-order valence-electron chi connectivity index (χ0n) is 19.9. The van der Waals surface area contributed by atoms with E-state index in [9.17, 15) is 9.90 Å². The van der Waals surface area contributed by atoms with Crippen molar-refractivity contribution in [1.29, 1.82) is 0 Å². The van der Waals surface area contributed by atoms with Gasteiger partial charge in [0, 0.05) is 47.9 Å². The van der Waals surface area contributed by atoms with Gasteiger partial charge in [-0.05, 0) is 51.8 Å². The van der Waals surface area contributed by atoms with E-state index < -0.39 is 5.97 Å². The number of aryl methyl sites for hydroxylation is 1. The van der Waals surface area contributed by atoms with E-state index in [2.05, 4.69) is 39.2 Å². The second-order valence-corrected chi connectivity index (χ2v) is 8.33. The van der Waals surface area contributed by atoms with E-state index in [1.54, 1.807) is 37.6 Å². The molecule has 1 saturated heterocycles. The minimum atomic E-state index is -0.972. The van der Waals surface area contributed by atoms with Crippen LogP contribution in [-0.2, 0) is 0 Å². The van der Waals surface area contributed by atoms with E-state index in [1.807, 2.05) is 19.9 Å². The van der Waals surface area contributed by atoms with Crippen molar-refractivity contribution in [2.75, 3.05) is 23.9 Å². The normalized spacial score (nSPS) is 15.6. The number of hydrogen-bond acceptors (Lipinski definition) is 7. The molecule has 34 heavy (non-hydrogen) atoms.